The molecule has 0 bridgehead atoms. The van der Waals surface area contributed by atoms with E-state index in [1.165, 1.54) is 12.1 Å². The second-order valence-electron chi connectivity index (χ2n) is 4.18. The maximum absolute atomic E-state index is 12.0. The van der Waals surface area contributed by atoms with Gasteiger partial charge in [0.25, 0.3) is 0 Å². The Bertz CT molecular complexity index is 574. The molecule has 4 nitrogen and oxygen atoms in total. The van der Waals surface area contributed by atoms with E-state index < -0.39 is 15.5 Å². The number of nitrogens with one attached hydrogen (secondary N) is 1. The van der Waals surface area contributed by atoms with Gasteiger partial charge >= 0.3 is 5.51 Å². The largest absolute Gasteiger partial charge is 0.441 e. The Morgan fingerprint density at radius 1 is 1.29 bits per heavy atom. The van der Waals surface area contributed by atoms with Crippen LogP contribution in [0, 0.1) is 0 Å². The highest BCUT2D eigenvalue weighted by molar-refractivity contribution is 8.00. The molecule has 0 aliphatic rings. The first-order valence-electron chi connectivity index (χ1n) is 6.22. The number of hydrogen-bond donors (Lipinski definition) is 2. The van der Waals surface area contributed by atoms with Gasteiger partial charge in [0, 0.05) is 18.8 Å². The van der Waals surface area contributed by atoms with Crippen LogP contribution in [0.5, 0.6) is 0 Å². The third-order valence-electron chi connectivity index (χ3n) is 2.75. The van der Waals surface area contributed by atoms with Gasteiger partial charge in [0.05, 0.1) is 4.90 Å². The first-order chi connectivity index (χ1) is 9.69. The van der Waals surface area contributed by atoms with Crippen LogP contribution in [0.3, 0.4) is 0 Å². The molecule has 0 radical (unpaired) electrons. The third kappa shape index (κ3) is 5.85. The number of aryl methyl sites for hydroxylation is 1. The van der Waals surface area contributed by atoms with Crippen LogP contribution in [-0.2, 0) is 23.0 Å². The second-order valence-corrected chi connectivity index (χ2v) is 7.11. The van der Waals surface area contributed by atoms with Crippen LogP contribution in [0.15, 0.2) is 23.1 Å². The molecule has 0 saturated heterocycles. The summed E-state index contributed by atoms with van der Waals surface area (Å²) in [4.78, 5) is 0.0113. The predicted molar refractivity (Wildman–Crippen MR) is 77.4 cm³/mol. The van der Waals surface area contributed by atoms with E-state index in [4.69, 9.17) is 5.73 Å². The van der Waals surface area contributed by atoms with Gasteiger partial charge in [0.2, 0.25) is 10.0 Å². The van der Waals surface area contributed by atoms with Gasteiger partial charge in [0.15, 0.2) is 0 Å². The maximum Gasteiger partial charge on any atom is 0.441 e. The average Bonchev–Trinajstić information content (AvgIpc) is 2.41. The molecule has 21 heavy (non-hydrogen) atoms. The van der Waals surface area contributed by atoms with Crippen molar-refractivity contribution in [3.05, 3.63) is 29.3 Å². The van der Waals surface area contributed by atoms with Crippen molar-refractivity contribution in [3.63, 3.8) is 0 Å². The van der Waals surface area contributed by atoms with Gasteiger partial charge in [-0.25, -0.2) is 13.1 Å². The molecule has 1 aromatic carbocycles. The Morgan fingerprint density at radius 2 is 1.95 bits per heavy atom. The number of nitrogens with two attached hydrogens (primary N) is 1. The Balaban J connectivity index is 2.74. The summed E-state index contributed by atoms with van der Waals surface area (Å²) >= 11 is -0.264. The zero-order chi connectivity index (χ0) is 16.1. The van der Waals surface area contributed by atoms with Gasteiger partial charge in [-0.2, -0.15) is 13.2 Å². The molecule has 0 heterocycles. The zero-order valence-electron chi connectivity index (χ0n) is 11.4. The van der Waals surface area contributed by atoms with E-state index in [1.54, 1.807) is 6.07 Å². The minimum atomic E-state index is -4.36. The van der Waals surface area contributed by atoms with E-state index in [1.807, 2.05) is 6.92 Å². The van der Waals surface area contributed by atoms with Crippen LogP contribution < -0.4 is 10.5 Å². The molecule has 1 aromatic rings. The monoisotopic (exact) mass is 342 g/mol. The Kier molecular flexibility index (Phi) is 6.51. The number of thioether (sulfide) groups is 1. The van der Waals surface area contributed by atoms with Crippen molar-refractivity contribution >= 4 is 21.8 Å². The van der Waals surface area contributed by atoms with Crippen LogP contribution in [0.25, 0.3) is 0 Å². The minimum absolute atomic E-state index is 0.0113. The number of alkyl halides is 3. The van der Waals surface area contributed by atoms with Crippen LogP contribution in [0.2, 0.25) is 0 Å². The molecule has 0 spiro atoms. The van der Waals surface area contributed by atoms with Crippen molar-refractivity contribution < 1.29 is 21.6 Å². The summed E-state index contributed by atoms with van der Waals surface area (Å²) in [6.07, 6.45) is 0.725. The molecule has 0 aliphatic heterocycles. The highest BCUT2D eigenvalue weighted by atomic mass is 32.2. The topological polar surface area (TPSA) is 72.2 Å². The van der Waals surface area contributed by atoms with Crippen molar-refractivity contribution in [2.24, 2.45) is 5.73 Å². The molecule has 0 saturated carbocycles. The van der Waals surface area contributed by atoms with E-state index in [9.17, 15) is 21.6 Å². The van der Waals surface area contributed by atoms with E-state index in [0.717, 1.165) is 12.0 Å². The molecule has 0 fully saturated rings. The summed E-state index contributed by atoms with van der Waals surface area (Å²) in [5, 5.41) is 0. The fourth-order valence-electron chi connectivity index (χ4n) is 1.73. The fraction of sp³-hybridized carbons (Fsp3) is 0.500. The van der Waals surface area contributed by atoms with E-state index in [2.05, 4.69) is 4.72 Å². The summed E-state index contributed by atoms with van der Waals surface area (Å²) in [5.74, 6) is -0.375. The minimum Gasteiger partial charge on any atom is -0.326 e. The zero-order valence-corrected chi connectivity index (χ0v) is 13.0. The van der Waals surface area contributed by atoms with Crippen LogP contribution in [-0.4, -0.2) is 26.2 Å². The lowest BCUT2D eigenvalue weighted by Gasteiger charge is -2.11. The Hall–Kier alpha value is -0.770. The standard InChI is InChI=1S/C12H17F3N2O2S2/c1-2-9-3-4-11(7-10(9)8-16)21(18,19)17-5-6-20-12(13,14)15/h3-4,7,17H,2,5-6,8,16H2,1H3. The fourth-order valence-corrected chi connectivity index (χ4v) is 3.38. The molecular formula is C12H17F3N2O2S2. The van der Waals surface area contributed by atoms with Gasteiger partial charge in [-0.1, -0.05) is 13.0 Å². The summed E-state index contributed by atoms with van der Waals surface area (Å²) in [7, 11) is -3.82. The first-order valence-corrected chi connectivity index (χ1v) is 8.68. The molecule has 0 aliphatic carbocycles. The van der Waals surface area contributed by atoms with Gasteiger partial charge in [0.1, 0.15) is 0 Å². The Morgan fingerprint density at radius 3 is 2.48 bits per heavy atom. The molecule has 3 N–H and O–H groups in total. The van der Waals surface area contributed by atoms with E-state index in [0.29, 0.717) is 5.56 Å². The highest BCUT2D eigenvalue weighted by Gasteiger charge is 2.27. The SMILES string of the molecule is CCc1ccc(S(=O)(=O)NCCSC(F)(F)F)cc1CN. The normalized spacial score (nSPS) is 12.6. The summed E-state index contributed by atoms with van der Waals surface area (Å²) in [5.41, 5.74) is 2.87. The molecule has 1 rings (SSSR count). The van der Waals surface area contributed by atoms with Gasteiger partial charge < -0.3 is 5.73 Å². The van der Waals surface area contributed by atoms with Crippen molar-refractivity contribution in [2.45, 2.75) is 30.3 Å². The molecule has 9 heteroatoms. The second kappa shape index (κ2) is 7.48. The summed E-state index contributed by atoms with van der Waals surface area (Å²) < 4.78 is 62.0. The number of sulfonamides is 1. The number of rotatable bonds is 7. The lowest BCUT2D eigenvalue weighted by molar-refractivity contribution is -0.0327. The molecule has 0 amide bonds. The first kappa shape index (κ1) is 18.3. The third-order valence-corrected chi connectivity index (χ3v) is 4.94. The molecule has 0 atom stereocenters. The average molecular weight is 342 g/mol. The number of halogens is 3. The van der Waals surface area contributed by atoms with Crippen molar-refractivity contribution in [3.8, 4) is 0 Å². The van der Waals surface area contributed by atoms with Crippen LogP contribution in [0.4, 0.5) is 13.2 Å². The molecule has 0 unspecified atom stereocenters. The van der Waals surface area contributed by atoms with Crippen LogP contribution >= 0.6 is 11.8 Å². The summed E-state index contributed by atoms with van der Waals surface area (Å²) in [6, 6.07) is 4.55. The maximum atomic E-state index is 12.0. The molecular weight excluding hydrogens is 325 g/mol. The van der Waals surface area contributed by atoms with E-state index in [-0.39, 0.29) is 35.5 Å². The quantitative estimate of drug-likeness (QED) is 0.746. The highest BCUT2D eigenvalue weighted by Crippen LogP contribution is 2.29. The van der Waals surface area contributed by atoms with Gasteiger partial charge in [-0.3, -0.25) is 0 Å². The number of hydrogen-bond acceptors (Lipinski definition) is 4. The van der Waals surface area contributed by atoms with Crippen molar-refractivity contribution in [1.82, 2.24) is 4.72 Å². The Labute approximate surface area is 126 Å². The van der Waals surface area contributed by atoms with Crippen molar-refractivity contribution in [1.29, 1.82) is 0 Å². The molecule has 0 aromatic heterocycles. The lowest BCUT2D eigenvalue weighted by atomic mass is 10.1. The smallest absolute Gasteiger partial charge is 0.326 e. The van der Waals surface area contributed by atoms with Gasteiger partial charge in [-0.15, -0.1) is 0 Å². The van der Waals surface area contributed by atoms with E-state index >= 15 is 0 Å². The predicted octanol–water partition coefficient (Wildman–Crippen LogP) is 2.24. The number of benzene rings is 1. The van der Waals surface area contributed by atoms with Gasteiger partial charge in [-0.05, 0) is 41.4 Å². The summed E-state index contributed by atoms with van der Waals surface area (Å²) in [6.45, 7) is 1.84. The van der Waals surface area contributed by atoms with Crippen LogP contribution in [0.1, 0.15) is 18.1 Å². The lowest BCUT2D eigenvalue weighted by Crippen LogP contribution is -2.27. The van der Waals surface area contributed by atoms with Crippen molar-refractivity contribution in [2.75, 3.05) is 12.3 Å². The molecule has 120 valence electrons.